The van der Waals surface area contributed by atoms with Gasteiger partial charge in [0.1, 0.15) is 11.6 Å². The molecule has 0 aliphatic rings. The predicted octanol–water partition coefficient (Wildman–Crippen LogP) is 5.12. The van der Waals surface area contributed by atoms with Gasteiger partial charge in [0, 0.05) is 6.07 Å². The fraction of sp³-hybridized carbons (Fsp3) is 0.188. The summed E-state index contributed by atoms with van der Waals surface area (Å²) in [4.78, 5) is 4.42. The van der Waals surface area contributed by atoms with Gasteiger partial charge in [-0.15, -0.1) is 11.6 Å². The number of aromatic nitrogens is 2. The maximum absolute atomic E-state index is 13.6. The van der Waals surface area contributed by atoms with Crippen molar-refractivity contribution in [1.82, 2.24) is 9.55 Å². The molecule has 0 fully saturated rings. The van der Waals surface area contributed by atoms with Crippen LogP contribution in [0.5, 0.6) is 0 Å². The van der Waals surface area contributed by atoms with Gasteiger partial charge in [0.25, 0.3) is 0 Å². The number of alkyl halides is 1. The summed E-state index contributed by atoms with van der Waals surface area (Å²) in [7, 11) is 0. The monoisotopic (exact) mass is 322 g/mol. The number of hydrogen-bond donors (Lipinski definition) is 0. The molecule has 0 saturated carbocycles. The Balaban J connectivity index is 2.37. The van der Waals surface area contributed by atoms with E-state index in [-0.39, 0.29) is 10.9 Å². The Hall–Kier alpha value is -1.58. The van der Waals surface area contributed by atoms with E-state index in [0.29, 0.717) is 11.3 Å². The molecule has 0 atom stereocenters. The first-order valence-electron chi connectivity index (χ1n) is 6.66. The van der Waals surface area contributed by atoms with Crippen LogP contribution < -0.4 is 0 Å². The normalized spacial score (nSPS) is 11.2. The zero-order chi connectivity index (χ0) is 15.0. The standard InChI is InChI=1S/C16H13Cl2FN2/c1-2-10-5-3-4-6-14(10)21-15-7-11(18)12(19)8-13(15)20-16(21)9-17/h3-8H,2,9H2,1H3. The average molecular weight is 323 g/mol. The predicted molar refractivity (Wildman–Crippen MR) is 85.0 cm³/mol. The minimum Gasteiger partial charge on any atom is -0.295 e. The van der Waals surface area contributed by atoms with E-state index in [1.165, 1.54) is 11.6 Å². The van der Waals surface area contributed by atoms with Gasteiger partial charge in [-0.2, -0.15) is 0 Å². The summed E-state index contributed by atoms with van der Waals surface area (Å²) >= 11 is 11.9. The van der Waals surface area contributed by atoms with Crippen molar-refractivity contribution in [3.05, 3.63) is 58.6 Å². The van der Waals surface area contributed by atoms with Gasteiger partial charge in [-0.1, -0.05) is 36.7 Å². The number of aryl methyl sites for hydroxylation is 1. The van der Waals surface area contributed by atoms with Crippen molar-refractivity contribution in [3.63, 3.8) is 0 Å². The lowest BCUT2D eigenvalue weighted by atomic mass is 10.1. The lowest BCUT2D eigenvalue weighted by Crippen LogP contribution is -2.02. The van der Waals surface area contributed by atoms with Crippen LogP contribution in [0.2, 0.25) is 5.02 Å². The van der Waals surface area contributed by atoms with Crippen LogP contribution >= 0.6 is 23.2 Å². The number of halogens is 3. The van der Waals surface area contributed by atoms with Gasteiger partial charge in [-0.05, 0) is 24.1 Å². The average Bonchev–Trinajstić information content (AvgIpc) is 2.85. The Bertz CT molecular complexity index is 811. The van der Waals surface area contributed by atoms with Crippen LogP contribution in [0.3, 0.4) is 0 Å². The summed E-state index contributed by atoms with van der Waals surface area (Å²) in [6.07, 6.45) is 0.881. The molecule has 2 aromatic carbocycles. The van der Waals surface area contributed by atoms with E-state index in [0.717, 1.165) is 17.6 Å². The molecule has 1 aromatic heterocycles. The summed E-state index contributed by atoms with van der Waals surface area (Å²) in [5, 5.41) is 0.0822. The first kappa shape index (κ1) is 14.4. The zero-order valence-corrected chi connectivity index (χ0v) is 12.9. The van der Waals surface area contributed by atoms with E-state index in [1.54, 1.807) is 6.07 Å². The van der Waals surface area contributed by atoms with Crippen molar-refractivity contribution in [1.29, 1.82) is 0 Å². The lowest BCUT2D eigenvalue weighted by Gasteiger charge is -2.12. The van der Waals surface area contributed by atoms with Crippen LogP contribution in [0.25, 0.3) is 16.7 Å². The first-order chi connectivity index (χ1) is 10.2. The second-order valence-corrected chi connectivity index (χ2v) is 5.41. The van der Waals surface area contributed by atoms with Crippen molar-refractivity contribution >= 4 is 34.2 Å². The fourth-order valence-electron chi connectivity index (χ4n) is 2.51. The third kappa shape index (κ3) is 2.41. The second-order valence-electron chi connectivity index (χ2n) is 4.73. The van der Waals surface area contributed by atoms with Gasteiger partial charge in [-0.25, -0.2) is 9.37 Å². The zero-order valence-electron chi connectivity index (χ0n) is 11.4. The number of benzene rings is 2. The third-order valence-electron chi connectivity index (χ3n) is 3.50. The SMILES string of the molecule is CCc1ccccc1-n1c(CCl)nc2cc(F)c(Cl)cc21. The van der Waals surface area contributed by atoms with E-state index < -0.39 is 5.82 Å². The number of imidazole rings is 1. The van der Waals surface area contributed by atoms with E-state index in [4.69, 9.17) is 23.2 Å². The number of para-hydroxylation sites is 1. The molecule has 1 heterocycles. The van der Waals surface area contributed by atoms with Crippen molar-refractivity contribution in [2.45, 2.75) is 19.2 Å². The molecule has 108 valence electrons. The van der Waals surface area contributed by atoms with Gasteiger partial charge < -0.3 is 0 Å². The van der Waals surface area contributed by atoms with Crippen molar-refractivity contribution in [2.75, 3.05) is 0 Å². The van der Waals surface area contributed by atoms with Gasteiger partial charge >= 0.3 is 0 Å². The van der Waals surface area contributed by atoms with Gasteiger partial charge in [-0.3, -0.25) is 4.57 Å². The number of fused-ring (bicyclic) bond motifs is 1. The quantitative estimate of drug-likeness (QED) is 0.612. The summed E-state index contributed by atoms with van der Waals surface area (Å²) in [6.45, 7) is 2.09. The van der Waals surface area contributed by atoms with Crippen LogP contribution in [0.1, 0.15) is 18.3 Å². The Kier molecular flexibility index (Phi) is 3.87. The Labute approximate surface area is 132 Å². The highest BCUT2D eigenvalue weighted by molar-refractivity contribution is 6.31. The number of nitrogens with zero attached hydrogens (tertiary/aromatic N) is 2. The molecule has 0 N–H and O–H groups in total. The summed E-state index contributed by atoms with van der Waals surface area (Å²) in [5.74, 6) is 0.444. The largest absolute Gasteiger partial charge is 0.295 e. The highest BCUT2D eigenvalue weighted by Crippen LogP contribution is 2.28. The van der Waals surface area contributed by atoms with Crippen LogP contribution in [0.15, 0.2) is 36.4 Å². The van der Waals surface area contributed by atoms with Crippen molar-refractivity contribution < 1.29 is 4.39 Å². The molecule has 0 unspecified atom stereocenters. The van der Waals surface area contributed by atoms with Crippen LogP contribution in [-0.2, 0) is 12.3 Å². The van der Waals surface area contributed by atoms with Crippen LogP contribution in [0, 0.1) is 5.82 Å². The molecule has 2 nitrogen and oxygen atoms in total. The number of hydrogen-bond acceptors (Lipinski definition) is 1. The van der Waals surface area contributed by atoms with Crippen molar-refractivity contribution in [3.8, 4) is 5.69 Å². The highest BCUT2D eigenvalue weighted by Gasteiger charge is 2.16. The van der Waals surface area contributed by atoms with Crippen molar-refractivity contribution in [2.24, 2.45) is 0 Å². The highest BCUT2D eigenvalue weighted by atomic mass is 35.5. The molecular formula is C16H13Cl2FN2. The molecule has 0 amide bonds. The third-order valence-corrected chi connectivity index (χ3v) is 4.03. The van der Waals surface area contributed by atoms with E-state index in [1.807, 2.05) is 22.8 Å². The Morgan fingerprint density at radius 2 is 2.00 bits per heavy atom. The topological polar surface area (TPSA) is 17.8 Å². The lowest BCUT2D eigenvalue weighted by molar-refractivity contribution is 0.630. The molecule has 0 aliphatic carbocycles. The summed E-state index contributed by atoms with van der Waals surface area (Å²) < 4.78 is 15.6. The molecule has 21 heavy (non-hydrogen) atoms. The first-order valence-corrected chi connectivity index (χ1v) is 7.57. The Morgan fingerprint density at radius 1 is 1.24 bits per heavy atom. The van der Waals surface area contributed by atoms with E-state index in [9.17, 15) is 4.39 Å². The maximum atomic E-state index is 13.6. The van der Waals surface area contributed by atoms with E-state index in [2.05, 4.69) is 18.0 Å². The minimum absolute atomic E-state index is 0.0822. The molecule has 0 saturated heterocycles. The molecule has 3 rings (SSSR count). The number of rotatable bonds is 3. The van der Waals surface area contributed by atoms with E-state index >= 15 is 0 Å². The Morgan fingerprint density at radius 3 is 2.71 bits per heavy atom. The van der Waals surface area contributed by atoms with Crippen LogP contribution in [0.4, 0.5) is 4.39 Å². The molecule has 3 aromatic rings. The second kappa shape index (κ2) is 5.66. The van der Waals surface area contributed by atoms with Crippen LogP contribution in [-0.4, -0.2) is 9.55 Å². The van der Waals surface area contributed by atoms with Gasteiger partial charge in [0.2, 0.25) is 0 Å². The smallest absolute Gasteiger partial charge is 0.144 e. The van der Waals surface area contributed by atoms with Gasteiger partial charge in [0.05, 0.1) is 27.6 Å². The molecular weight excluding hydrogens is 310 g/mol. The molecule has 5 heteroatoms. The summed E-state index contributed by atoms with van der Waals surface area (Å²) in [5.41, 5.74) is 3.49. The molecule has 0 aliphatic heterocycles. The molecule has 0 radical (unpaired) electrons. The molecule has 0 spiro atoms. The minimum atomic E-state index is -0.473. The maximum Gasteiger partial charge on any atom is 0.144 e. The fourth-order valence-corrected chi connectivity index (χ4v) is 2.85. The van der Waals surface area contributed by atoms with Gasteiger partial charge in [0.15, 0.2) is 0 Å². The molecule has 0 bridgehead atoms. The summed E-state index contributed by atoms with van der Waals surface area (Å²) in [6, 6.07) is 11.0.